The minimum absolute atomic E-state index is 0.263. The molecule has 1 aliphatic heterocycles. The van der Waals surface area contributed by atoms with E-state index in [1.807, 2.05) is 30.1 Å². The molecule has 2 aromatic heterocycles. The summed E-state index contributed by atoms with van der Waals surface area (Å²) in [5.41, 5.74) is 3.77. The lowest BCUT2D eigenvalue weighted by molar-refractivity contribution is -0.117. The van der Waals surface area contributed by atoms with Crippen LogP contribution in [0.4, 0.5) is 5.69 Å². The Hall–Kier alpha value is -3.48. The van der Waals surface area contributed by atoms with Crippen molar-refractivity contribution in [2.24, 2.45) is 0 Å². The van der Waals surface area contributed by atoms with Gasteiger partial charge in [0, 0.05) is 36.1 Å². The van der Waals surface area contributed by atoms with E-state index < -0.39 is 5.97 Å². The van der Waals surface area contributed by atoms with Crippen LogP contribution in [-0.2, 0) is 14.9 Å². The molecule has 7 heteroatoms. The maximum atomic E-state index is 12.5. The van der Waals surface area contributed by atoms with Crippen LogP contribution in [0, 0.1) is 0 Å². The van der Waals surface area contributed by atoms with Gasteiger partial charge in [0.15, 0.2) is 18.0 Å². The summed E-state index contributed by atoms with van der Waals surface area (Å²) in [4.78, 5) is 26.8. The predicted octanol–water partition coefficient (Wildman–Crippen LogP) is 2.77. The third-order valence-corrected chi connectivity index (χ3v) is 5.11. The third kappa shape index (κ3) is 2.94. The van der Waals surface area contributed by atoms with E-state index in [1.165, 1.54) is 6.33 Å². The number of pyridine rings is 1. The molecule has 28 heavy (non-hydrogen) atoms. The fraction of sp³-hybridized carbons (Fsp3) is 0.238. The molecule has 3 heterocycles. The van der Waals surface area contributed by atoms with Gasteiger partial charge in [-0.15, -0.1) is 10.2 Å². The molecule has 0 spiro atoms. The van der Waals surface area contributed by atoms with E-state index in [4.69, 9.17) is 4.74 Å². The SMILES string of the molecule is CN1/C(=C\C(=O)COC(=O)c2ccc3nncn3c2)C(C)(C)c2ccccc21. The Labute approximate surface area is 162 Å². The maximum absolute atomic E-state index is 12.5. The van der Waals surface area contributed by atoms with E-state index in [-0.39, 0.29) is 17.8 Å². The Kier molecular flexibility index (Phi) is 4.22. The van der Waals surface area contributed by atoms with Gasteiger partial charge in [0.05, 0.1) is 5.56 Å². The molecule has 3 aromatic rings. The normalized spacial score (nSPS) is 16.4. The molecule has 0 radical (unpaired) electrons. The largest absolute Gasteiger partial charge is 0.454 e. The number of aromatic nitrogens is 3. The van der Waals surface area contributed by atoms with Crippen LogP contribution in [0.25, 0.3) is 5.65 Å². The number of anilines is 1. The lowest BCUT2D eigenvalue weighted by atomic mass is 9.83. The lowest BCUT2D eigenvalue weighted by Gasteiger charge is -2.23. The van der Waals surface area contributed by atoms with Crippen LogP contribution >= 0.6 is 0 Å². The highest BCUT2D eigenvalue weighted by Gasteiger charge is 2.38. The van der Waals surface area contributed by atoms with E-state index in [0.29, 0.717) is 11.2 Å². The second-order valence-corrected chi connectivity index (χ2v) is 7.29. The van der Waals surface area contributed by atoms with Crippen LogP contribution in [0.2, 0.25) is 0 Å². The number of ketones is 1. The molecule has 7 nitrogen and oxygen atoms in total. The molecule has 0 N–H and O–H groups in total. The number of fused-ring (bicyclic) bond motifs is 2. The fourth-order valence-electron chi connectivity index (χ4n) is 3.62. The molecule has 142 valence electrons. The Bertz CT molecular complexity index is 1110. The number of carbonyl (C=O) groups excluding carboxylic acids is 2. The summed E-state index contributed by atoms with van der Waals surface area (Å²) < 4.78 is 6.82. The molecule has 0 amide bonds. The molecule has 0 unspecified atom stereocenters. The van der Waals surface area contributed by atoms with Crippen molar-refractivity contribution in [3.63, 3.8) is 0 Å². The first-order chi connectivity index (χ1) is 13.4. The molecule has 4 rings (SSSR count). The number of hydrogen-bond acceptors (Lipinski definition) is 6. The van der Waals surface area contributed by atoms with Gasteiger partial charge in [0.1, 0.15) is 6.33 Å². The van der Waals surface area contributed by atoms with Crippen LogP contribution in [0.15, 0.2) is 60.7 Å². The van der Waals surface area contributed by atoms with Gasteiger partial charge < -0.3 is 9.64 Å². The molecule has 0 fully saturated rings. The van der Waals surface area contributed by atoms with Crippen molar-refractivity contribution in [1.29, 1.82) is 0 Å². The highest BCUT2D eigenvalue weighted by atomic mass is 16.5. The average molecular weight is 376 g/mol. The zero-order valence-corrected chi connectivity index (χ0v) is 15.9. The summed E-state index contributed by atoms with van der Waals surface area (Å²) in [6.45, 7) is 3.84. The van der Waals surface area contributed by atoms with Crippen LogP contribution in [-0.4, -0.2) is 40.0 Å². The van der Waals surface area contributed by atoms with E-state index in [0.717, 1.165) is 16.9 Å². The quantitative estimate of drug-likeness (QED) is 0.515. The number of esters is 1. The minimum atomic E-state index is -0.565. The van der Waals surface area contributed by atoms with E-state index in [1.54, 1.807) is 28.8 Å². The summed E-state index contributed by atoms with van der Waals surface area (Å²) in [7, 11) is 1.94. The number of nitrogens with zero attached hydrogens (tertiary/aromatic N) is 4. The number of hydrogen-bond donors (Lipinski definition) is 0. The Morgan fingerprint density at radius 3 is 2.75 bits per heavy atom. The molecule has 0 saturated carbocycles. The van der Waals surface area contributed by atoms with Crippen molar-refractivity contribution < 1.29 is 14.3 Å². The number of rotatable bonds is 4. The van der Waals surface area contributed by atoms with E-state index in [9.17, 15) is 9.59 Å². The topological polar surface area (TPSA) is 76.8 Å². The molecule has 0 saturated heterocycles. The monoisotopic (exact) mass is 376 g/mol. The standard InChI is InChI=1S/C21H20N4O3/c1-21(2)16-6-4-5-7-17(16)24(3)18(21)10-15(26)12-28-20(27)14-8-9-19-23-22-13-25(19)11-14/h4-11,13H,12H2,1-3H3/b18-10-. The van der Waals surface area contributed by atoms with Crippen LogP contribution in [0.3, 0.4) is 0 Å². The Balaban J connectivity index is 1.47. The summed E-state index contributed by atoms with van der Waals surface area (Å²) in [6, 6.07) is 11.3. The highest BCUT2D eigenvalue weighted by molar-refractivity contribution is 5.96. The van der Waals surface area contributed by atoms with Gasteiger partial charge in [-0.1, -0.05) is 32.0 Å². The van der Waals surface area contributed by atoms with E-state index in [2.05, 4.69) is 30.1 Å². The summed E-state index contributed by atoms with van der Waals surface area (Å²) in [6.07, 6.45) is 4.64. The van der Waals surface area contributed by atoms with Crippen molar-refractivity contribution >= 4 is 23.1 Å². The zero-order valence-electron chi connectivity index (χ0n) is 15.9. The van der Waals surface area contributed by atoms with Crippen molar-refractivity contribution in [2.45, 2.75) is 19.3 Å². The summed E-state index contributed by atoms with van der Waals surface area (Å²) in [5.74, 6) is -0.828. The molecular formula is C21H20N4O3. The predicted molar refractivity (Wildman–Crippen MR) is 104 cm³/mol. The molecular weight excluding hydrogens is 356 g/mol. The molecule has 1 aliphatic rings. The number of benzene rings is 1. The maximum Gasteiger partial charge on any atom is 0.340 e. The molecule has 0 bridgehead atoms. The lowest BCUT2D eigenvalue weighted by Crippen LogP contribution is -2.25. The number of allylic oxidation sites excluding steroid dienone is 1. The van der Waals surface area contributed by atoms with Gasteiger partial charge in [-0.05, 0) is 23.8 Å². The number of ether oxygens (including phenoxy) is 1. The van der Waals surface area contributed by atoms with Crippen LogP contribution in [0.1, 0.15) is 29.8 Å². The van der Waals surface area contributed by atoms with Crippen LogP contribution in [0.5, 0.6) is 0 Å². The van der Waals surface area contributed by atoms with Crippen molar-refractivity contribution in [1.82, 2.24) is 14.6 Å². The van der Waals surface area contributed by atoms with Gasteiger partial charge in [0.25, 0.3) is 0 Å². The summed E-state index contributed by atoms with van der Waals surface area (Å²) >= 11 is 0. The molecule has 1 aromatic carbocycles. The second-order valence-electron chi connectivity index (χ2n) is 7.29. The van der Waals surface area contributed by atoms with Gasteiger partial charge in [0.2, 0.25) is 0 Å². The highest BCUT2D eigenvalue weighted by Crippen LogP contribution is 2.46. The Morgan fingerprint density at radius 1 is 1.18 bits per heavy atom. The summed E-state index contributed by atoms with van der Waals surface area (Å²) in [5, 5.41) is 7.65. The van der Waals surface area contributed by atoms with Crippen molar-refractivity contribution in [2.75, 3.05) is 18.6 Å². The zero-order chi connectivity index (χ0) is 19.9. The molecule has 0 aliphatic carbocycles. The first-order valence-corrected chi connectivity index (χ1v) is 8.92. The van der Waals surface area contributed by atoms with Gasteiger partial charge in [-0.25, -0.2) is 4.79 Å². The second kappa shape index (κ2) is 6.60. The number of para-hydroxylation sites is 1. The number of carbonyl (C=O) groups is 2. The first-order valence-electron chi connectivity index (χ1n) is 8.92. The number of likely N-dealkylation sites (N-methyl/N-ethyl adjacent to an activating group) is 1. The fourth-order valence-corrected chi connectivity index (χ4v) is 3.62. The third-order valence-electron chi connectivity index (χ3n) is 5.11. The van der Waals surface area contributed by atoms with E-state index >= 15 is 0 Å². The van der Waals surface area contributed by atoms with Crippen molar-refractivity contribution in [3.8, 4) is 0 Å². The first kappa shape index (κ1) is 17.9. The van der Waals surface area contributed by atoms with Crippen molar-refractivity contribution in [3.05, 3.63) is 71.8 Å². The Morgan fingerprint density at radius 2 is 1.96 bits per heavy atom. The minimum Gasteiger partial charge on any atom is -0.454 e. The van der Waals surface area contributed by atoms with Gasteiger partial charge in [-0.2, -0.15) is 0 Å². The van der Waals surface area contributed by atoms with Crippen LogP contribution < -0.4 is 4.90 Å². The average Bonchev–Trinajstić information content (AvgIpc) is 3.23. The van der Waals surface area contributed by atoms with Gasteiger partial charge in [-0.3, -0.25) is 9.20 Å². The van der Waals surface area contributed by atoms with Gasteiger partial charge >= 0.3 is 5.97 Å². The smallest absolute Gasteiger partial charge is 0.340 e. The molecule has 0 atom stereocenters.